The molecule has 166 valence electrons. The van der Waals surface area contributed by atoms with E-state index >= 15 is 0 Å². The van der Waals surface area contributed by atoms with Crippen molar-refractivity contribution in [3.05, 3.63) is 105 Å². The standard InChI is InChI=1S/C24H19N3O6/c1-33-19-7-5-16(6-8-19)21-20(22(28)17-3-2-4-18(13-17)27(31)32)23(29)24(30)26(21)14-15-9-11-25-12-10-15/h2-13,21,28H,14H2,1H3/b22-20-. The lowest BCUT2D eigenvalue weighted by atomic mass is 9.95. The number of nitro benzene ring substituents is 1. The maximum Gasteiger partial charge on any atom is 0.295 e. The maximum absolute atomic E-state index is 13.1. The number of non-ortho nitro benzene ring substituents is 1. The number of methoxy groups -OCH3 is 1. The van der Waals surface area contributed by atoms with Crippen LogP contribution in [0, 0.1) is 10.1 Å². The van der Waals surface area contributed by atoms with Gasteiger partial charge in [-0.25, -0.2) is 0 Å². The molecule has 3 aromatic rings. The molecule has 0 bridgehead atoms. The van der Waals surface area contributed by atoms with Crippen LogP contribution in [0.1, 0.15) is 22.7 Å². The SMILES string of the molecule is COc1ccc(C2/C(=C(/O)c3cccc([N+](=O)[O-])c3)C(=O)C(=O)N2Cc2ccncc2)cc1. The number of aromatic nitrogens is 1. The Balaban J connectivity index is 1.87. The summed E-state index contributed by atoms with van der Waals surface area (Å²) in [6, 6.07) is 14.6. The molecule has 9 heteroatoms. The van der Waals surface area contributed by atoms with Gasteiger partial charge in [0.25, 0.3) is 17.4 Å². The number of nitrogens with zero attached hydrogens (tertiary/aromatic N) is 3. The number of aliphatic hydroxyl groups excluding tert-OH is 1. The minimum Gasteiger partial charge on any atom is -0.507 e. The van der Waals surface area contributed by atoms with E-state index in [1.54, 1.807) is 48.8 Å². The monoisotopic (exact) mass is 445 g/mol. The highest BCUT2D eigenvalue weighted by atomic mass is 16.6. The number of carbonyl (C=O) groups is 2. The van der Waals surface area contributed by atoms with Crippen molar-refractivity contribution in [1.82, 2.24) is 9.88 Å². The lowest BCUT2D eigenvalue weighted by Crippen LogP contribution is -2.29. The zero-order valence-corrected chi connectivity index (χ0v) is 17.5. The van der Waals surface area contributed by atoms with Crippen LogP contribution < -0.4 is 4.74 Å². The van der Waals surface area contributed by atoms with Gasteiger partial charge in [-0.3, -0.25) is 24.7 Å². The molecule has 1 aromatic heterocycles. The average molecular weight is 445 g/mol. The predicted molar refractivity (Wildman–Crippen MR) is 118 cm³/mol. The number of carbonyl (C=O) groups excluding carboxylic acids is 2. The first-order valence-corrected chi connectivity index (χ1v) is 9.97. The van der Waals surface area contributed by atoms with E-state index in [4.69, 9.17) is 4.74 Å². The second-order valence-electron chi connectivity index (χ2n) is 7.36. The van der Waals surface area contributed by atoms with Crippen LogP contribution in [0.2, 0.25) is 0 Å². The van der Waals surface area contributed by atoms with Gasteiger partial charge in [0.1, 0.15) is 11.5 Å². The molecular formula is C24H19N3O6. The smallest absolute Gasteiger partial charge is 0.295 e. The molecule has 1 fully saturated rings. The van der Waals surface area contributed by atoms with E-state index in [0.29, 0.717) is 11.3 Å². The Hall–Kier alpha value is -4.53. The largest absolute Gasteiger partial charge is 0.507 e. The highest BCUT2D eigenvalue weighted by Gasteiger charge is 2.46. The average Bonchev–Trinajstić information content (AvgIpc) is 3.09. The van der Waals surface area contributed by atoms with Crippen molar-refractivity contribution in [2.24, 2.45) is 0 Å². The van der Waals surface area contributed by atoms with Gasteiger partial charge in [0.15, 0.2) is 0 Å². The molecule has 0 saturated carbocycles. The molecule has 1 unspecified atom stereocenters. The van der Waals surface area contributed by atoms with E-state index in [9.17, 15) is 24.8 Å². The van der Waals surface area contributed by atoms with Gasteiger partial charge >= 0.3 is 0 Å². The van der Waals surface area contributed by atoms with E-state index in [-0.39, 0.29) is 23.4 Å². The summed E-state index contributed by atoms with van der Waals surface area (Å²) in [7, 11) is 1.52. The van der Waals surface area contributed by atoms with Gasteiger partial charge in [0.05, 0.1) is 23.6 Å². The molecule has 0 radical (unpaired) electrons. The zero-order valence-electron chi connectivity index (χ0n) is 17.5. The molecule has 2 aromatic carbocycles. The number of hydrogen-bond donors (Lipinski definition) is 1. The first-order chi connectivity index (χ1) is 15.9. The number of ketones is 1. The lowest BCUT2D eigenvalue weighted by Gasteiger charge is -2.25. The van der Waals surface area contributed by atoms with Crippen LogP contribution in [-0.2, 0) is 16.1 Å². The Morgan fingerprint density at radius 1 is 1.12 bits per heavy atom. The molecule has 1 N–H and O–H groups in total. The molecule has 0 aliphatic carbocycles. The Kier molecular flexibility index (Phi) is 5.86. The first kappa shape index (κ1) is 21.7. The van der Waals surface area contributed by atoms with Crippen molar-refractivity contribution in [1.29, 1.82) is 0 Å². The number of amides is 1. The van der Waals surface area contributed by atoms with Crippen molar-refractivity contribution in [3.63, 3.8) is 0 Å². The number of aliphatic hydroxyl groups is 1. The van der Waals surface area contributed by atoms with Gasteiger partial charge in [0, 0.05) is 36.6 Å². The molecule has 1 amide bonds. The summed E-state index contributed by atoms with van der Waals surface area (Å²) >= 11 is 0. The van der Waals surface area contributed by atoms with Gasteiger partial charge in [0.2, 0.25) is 0 Å². The van der Waals surface area contributed by atoms with Gasteiger partial charge in [-0.1, -0.05) is 24.3 Å². The quantitative estimate of drug-likeness (QED) is 0.202. The number of Topliss-reactive ketones (excluding diaryl/α,β-unsaturated/α-hetero) is 1. The zero-order chi connectivity index (χ0) is 23.5. The van der Waals surface area contributed by atoms with Crippen molar-refractivity contribution < 1.29 is 24.4 Å². The van der Waals surface area contributed by atoms with Crippen molar-refractivity contribution in [2.75, 3.05) is 7.11 Å². The number of likely N-dealkylation sites (tertiary alicyclic amines) is 1. The Labute approximate surface area is 188 Å². The number of rotatable bonds is 6. The number of benzene rings is 2. The molecule has 1 aliphatic heterocycles. The predicted octanol–water partition coefficient (Wildman–Crippen LogP) is 3.62. The molecule has 1 atom stereocenters. The van der Waals surface area contributed by atoms with Gasteiger partial charge < -0.3 is 14.7 Å². The first-order valence-electron chi connectivity index (χ1n) is 9.97. The number of pyridine rings is 1. The number of nitro groups is 1. The van der Waals surface area contributed by atoms with Crippen LogP contribution in [0.4, 0.5) is 5.69 Å². The van der Waals surface area contributed by atoms with Crippen LogP contribution >= 0.6 is 0 Å². The van der Waals surface area contributed by atoms with E-state index in [1.165, 1.54) is 30.2 Å². The minimum atomic E-state index is -0.900. The van der Waals surface area contributed by atoms with E-state index < -0.39 is 28.4 Å². The lowest BCUT2D eigenvalue weighted by molar-refractivity contribution is -0.384. The van der Waals surface area contributed by atoms with E-state index in [2.05, 4.69) is 4.98 Å². The fraction of sp³-hybridized carbons (Fsp3) is 0.125. The second kappa shape index (κ2) is 8.91. The summed E-state index contributed by atoms with van der Waals surface area (Å²) in [4.78, 5) is 42.0. The van der Waals surface area contributed by atoms with Gasteiger partial charge in [-0.15, -0.1) is 0 Å². The summed E-state index contributed by atoms with van der Waals surface area (Å²) in [5.41, 5.74) is 1.02. The molecular weight excluding hydrogens is 426 g/mol. The molecule has 33 heavy (non-hydrogen) atoms. The molecule has 1 saturated heterocycles. The Morgan fingerprint density at radius 3 is 2.45 bits per heavy atom. The number of ether oxygens (including phenoxy) is 1. The van der Waals surface area contributed by atoms with Crippen molar-refractivity contribution in [3.8, 4) is 5.75 Å². The molecule has 4 rings (SSSR count). The third-order valence-electron chi connectivity index (χ3n) is 5.40. The fourth-order valence-corrected chi connectivity index (χ4v) is 3.78. The minimum absolute atomic E-state index is 0.0737. The second-order valence-corrected chi connectivity index (χ2v) is 7.36. The normalized spacial score (nSPS) is 17.2. The topological polar surface area (TPSA) is 123 Å². The van der Waals surface area contributed by atoms with Crippen LogP contribution in [-0.4, -0.2) is 38.7 Å². The van der Waals surface area contributed by atoms with Gasteiger partial charge in [-0.2, -0.15) is 0 Å². The maximum atomic E-state index is 13.1. The van der Waals surface area contributed by atoms with Crippen molar-refractivity contribution >= 4 is 23.1 Å². The molecule has 1 aliphatic rings. The number of hydrogen-bond acceptors (Lipinski definition) is 7. The van der Waals surface area contributed by atoms with Crippen LogP contribution in [0.25, 0.3) is 5.76 Å². The summed E-state index contributed by atoms with van der Waals surface area (Å²) in [6.45, 7) is 0.107. The molecule has 2 heterocycles. The summed E-state index contributed by atoms with van der Waals surface area (Å²) in [6.07, 6.45) is 3.16. The highest BCUT2D eigenvalue weighted by Crippen LogP contribution is 2.41. The molecule has 9 nitrogen and oxygen atoms in total. The summed E-state index contributed by atoms with van der Waals surface area (Å²) in [5, 5.41) is 22.2. The Morgan fingerprint density at radius 2 is 1.82 bits per heavy atom. The highest BCUT2D eigenvalue weighted by molar-refractivity contribution is 6.46. The third-order valence-corrected chi connectivity index (χ3v) is 5.40. The van der Waals surface area contributed by atoms with E-state index in [0.717, 1.165) is 11.6 Å². The molecule has 0 spiro atoms. The van der Waals surface area contributed by atoms with Crippen LogP contribution in [0.5, 0.6) is 5.75 Å². The summed E-state index contributed by atoms with van der Waals surface area (Å²) < 4.78 is 5.20. The Bertz CT molecular complexity index is 1250. The van der Waals surface area contributed by atoms with E-state index in [1.807, 2.05) is 0 Å². The fourth-order valence-electron chi connectivity index (χ4n) is 3.78. The van der Waals surface area contributed by atoms with Crippen LogP contribution in [0.3, 0.4) is 0 Å². The van der Waals surface area contributed by atoms with Gasteiger partial charge in [-0.05, 0) is 35.4 Å². The third kappa shape index (κ3) is 4.16. The van der Waals surface area contributed by atoms with Crippen LogP contribution in [0.15, 0.2) is 78.6 Å². The summed E-state index contributed by atoms with van der Waals surface area (Å²) in [5.74, 6) is -1.54. The van der Waals surface area contributed by atoms with Crippen molar-refractivity contribution in [2.45, 2.75) is 12.6 Å².